The minimum Gasteiger partial charge on any atom is -0.477 e. The fourth-order valence-corrected chi connectivity index (χ4v) is 4.77. The first kappa shape index (κ1) is 22.4. The number of thiazole rings is 1. The summed E-state index contributed by atoms with van der Waals surface area (Å²) in [7, 11) is 2.97. The molecule has 1 fully saturated rings. The Hall–Kier alpha value is -3.33. The highest BCUT2D eigenvalue weighted by atomic mass is 32.2. The minimum atomic E-state index is -1.35. The Kier molecular flexibility index (Phi) is 6.35. The van der Waals surface area contributed by atoms with Gasteiger partial charge in [0.25, 0.3) is 11.8 Å². The van der Waals surface area contributed by atoms with Gasteiger partial charge in [-0.05, 0) is 0 Å². The van der Waals surface area contributed by atoms with Gasteiger partial charge in [-0.15, -0.1) is 23.1 Å². The second-order valence-corrected chi connectivity index (χ2v) is 8.58. The number of amides is 3. The fourth-order valence-electron chi connectivity index (χ4n) is 2.89. The molecule has 31 heavy (non-hydrogen) atoms. The molecule has 3 amide bonds. The summed E-state index contributed by atoms with van der Waals surface area (Å²) in [4.78, 5) is 54.6. The first-order valence-corrected chi connectivity index (χ1v) is 10.6. The van der Waals surface area contributed by atoms with Crippen molar-refractivity contribution in [1.29, 1.82) is 0 Å². The average Bonchev–Trinajstić information content (AvgIpc) is 3.15. The predicted octanol–water partition coefficient (Wildman–Crippen LogP) is -0.660. The van der Waals surface area contributed by atoms with Gasteiger partial charge in [0.2, 0.25) is 0 Å². The van der Waals surface area contributed by atoms with Crippen molar-refractivity contribution in [1.82, 2.24) is 20.1 Å². The molecule has 0 saturated carbocycles. The Balaban J connectivity index is 1.74. The van der Waals surface area contributed by atoms with Crippen molar-refractivity contribution >= 4 is 57.8 Å². The van der Waals surface area contributed by atoms with E-state index in [2.05, 4.69) is 15.5 Å². The molecule has 1 aromatic rings. The number of β-lactam (4-membered cyclic amide) rings is 1. The zero-order valence-corrected chi connectivity index (χ0v) is 17.9. The zero-order chi connectivity index (χ0) is 22.9. The maximum atomic E-state index is 12.6. The molecule has 166 valence electrons. The third-order valence-corrected chi connectivity index (χ3v) is 6.36. The minimum absolute atomic E-state index is 0.0403. The van der Waals surface area contributed by atoms with Crippen LogP contribution in [0.1, 0.15) is 5.69 Å². The molecule has 1 saturated heterocycles. The highest BCUT2D eigenvalue weighted by Gasteiger charge is 2.54. The van der Waals surface area contributed by atoms with Crippen LogP contribution in [0.2, 0.25) is 0 Å². The molecule has 1 unspecified atom stereocenters. The number of fused-ring (bicyclic) bond motifs is 1. The van der Waals surface area contributed by atoms with Gasteiger partial charge in [0, 0.05) is 30.8 Å². The molecule has 5 N–H and O–H groups in total. The quantitative estimate of drug-likeness (QED) is 0.180. The number of oxime groups is 1. The summed E-state index contributed by atoms with van der Waals surface area (Å²) in [6, 6.07) is -1.04. The van der Waals surface area contributed by atoms with E-state index in [-0.39, 0.29) is 34.5 Å². The molecule has 3 heterocycles. The summed E-state index contributed by atoms with van der Waals surface area (Å²) in [6.45, 7) is -0.286. The number of thioether (sulfide) groups is 1. The van der Waals surface area contributed by atoms with Crippen molar-refractivity contribution in [2.45, 2.75) is 11.4 Å². The number of carbonyl (C=O) groups excluding carboxylic acids is 3. The van der Waals surface area contributed by atoms with Crippen LogP contribution in [0.5, 0.6) is 0 Å². The van der Waals surface area contributed by atoms with Gasteiger partial charge in [-0.25, -0.2) is 14.6 Å². The number of carboxylic acids is 1. The van der Waals surface area contributed by atoms with Gasteiger partial charge < -0.3 is 31.0 Å². The van der Waals surface area contributed by atoms with E-state index in [0.29, 0.717) is 0 Å². The van der Waals surface area contributed by atoms with Gasteiger partial charge in [-0.2, -0.15) is 0 Å². The van der Waals surface area contributed by atoms with Crippen molar-refractivity contribution in [2.75, 3.05) is 32.2 Å². The number of aliphatic carboxylic acids is 1. The number of aromatic nitrogens is 1. The van der Waals surface area contributed by atoms with Crippen LogP contribution in [-0.2, 0) is 19.1 Å². The molecule has 0 aliphatic carbocycles. The summed E-state index contributed by atoms with van der Waals surface area (Å²) in [5, 5.41) is 25.0. The second-order valence-electron chi connectivity index (χ2n) is 6.59. The first-order valence-electron chi connectivity index (χ1n) is 8.64. The number of nitrogens with two attached hydrogens (primary N) is 1. The van der Waals surface area contributed by atoms with Crippen molar-refractivity contribution in [3.05, 3.63) is 22.3 Å². The van der Waals surface area contributed by atoms with Gasteiger partial charge in [0.05, 0.1) is 0 Å². The third-order valence-electron chi connectivity index (χ3n) is 4.35. The molecule has 15 heteroatoms. The number of carbonyl (C=O) groups is 4. The lowest BCUT2D eigenvalue weighted by Crippen LogP contribution is -2.71. The molecule has 1 aromatic heterocycles. The molecule has 3 rings (SSSR count). The maximum absolute atomic E-state index is 12.6. The van der Waals surface area contributed by atoms with E-state index >= 15 is 0 Å². The Morgan fingerprint density at radius 1 is 1.45 bits per heavy atom. The lowest BCUT2D eigenvalue weighted by molar-refractivity contribution is -0.150. The summed E-state index contributed by atoms with van der Waals surface area (Å²) < 4.78 is 5.04. The lowest BCUT2D eigenvalue weighted by Gasteiger charge is -2.49. The molecular weight excluding hydrogens is 452 g/mol. The monoisotopic (exact) mass is 470 g/mol. The number of rotatable bonds is 6. The molecule has 2 atom stereocenters. The summed E-state index contributed by atoms with van der Waals surface area (Å²) in [5.74, 6) is -2.70. The van der Waals surface area contributed by atoms with E-state index in [0.717, 1.165) is 16.2 Å². The summed E-state index contributed by atoms with van der Waals surface area (Å²) >= 11 is 2.24. The number of hydrogen-bond acceptors (Lipinski definition) is 11. The number of nitrogens with zero attached hydrogens (tertiary/aromatic N) is 4. The molecular formula is C16H18N6O7S2. The Labute approximate surface area is 183 Å². The van der Waals surface area contributed by atoms with E-state index in [4.69, 9.17) is 10.5 Å². The summed E-state index contributed by atoms with van der Waals surface area (Å²) in [6.07, 6.45) is -0.650. The van der Waals surface area contributed by atoms with Gasteiger partial charge >= 0.3 is 12.1 Å². The van der Waals surface area contributed by atoms with Crippen LogP contribution in [0.4, 0.5) is 9.93 Å². The molecule has 2 aliphatic rings. The Bertz CT molecular complexity index is 1000. The van der Waals surface area contributed by atoms with Gasteiger partial charge in [-0.1, -0.05) is 5.16 Å². The molecule has 13 nitrogen and oxygen atoms in total. The van der Waals surface area contributed by atoms with Gasteiger partial charge in [0.1, 0.15) is 29.4 Å². The lowest BCUT2D eigenvalue weighted by atomic mass is 10.0. The zero-order valence-electron chi connectivity index (χ0n) is 16.3. The van der Waals surface area contributed by atoms with Crippen LogP contribution in [0, 0.1) is 0 Å². The number of hydrogen-bond donors (Lipinski definition) is 4. The summed E-state index contributed by atoms with van der Waals surface area (Å²) in [5.41, 5.74) is 5.11. The number of anilines is 1. The predicted molar refractivity (Wildman–Crippen MR) is 110 cm³/mol. The van der Waals surface area contributed by atoms with Crippen molar-refractivity contribution < 1.29 is 34.2 Å². The smallest absolute Gasteiger partial charge is 0.409 e. The van der Waals surface area contributed by atoms with Crippen molar-refractivity contribution in [2.24, 2.45) is 5.16 Å². The van der Waals surface area contributed by atoms with Gasteiger partial charge in [-0.3, -0.25) is 14.5 Å². The average molecular weight is 470 g/mol. The van der Waals surface area contributed by atoms with E-state index in [1.54, 1.807) is 0 Å². The maximum Gasteiger partial charge on any atom is 0.409 e. The molecule has 0 bridgehead atoms. The van der Waals surface area contributed by atoms with Crippen LogP contribution in [-0.4, -0.2) is 92.6 Å². The highest BCUT2D eigenvalue weighted by molar-refractivity contribution is 8.00. The van der Waals surface area contributed by atoms with Crippen LogP contribution in [0.15, 0.2) is 21.8 Å². The molecule has 0 spiro atoms. The fraction of sp³-hybridized carbons (Fsp3) is 0.375. The first-order chi connectivity index (χ1) is 14.6. The number of carboxylic acid groups (broad SMARTS) is 1. The van der Waals surface area contributed by atoms with Crippen molar-refractivity contribution in [3.8, 4) is 0 Å². The van der Waals surface area contributed by atoms with Crippen LogP contribution in [0.3, 0.4) is 0 Å². The van der Waals surface area contributed by atoms with Crippen LogP contribution in [0.25, 0.3) is 0 Å². The molecule has 2 aliphatic heterocycles. The van der Waals surface area contributed by atoms with Crippen LogP contribution >= 0.6 is 23.1 Å². The Morgan fingerprint density at radius 2 is 2.16 bits per heavy atom. The van der Waals surface area contributed by atoms with E-state index in [1.807, 2.05) is 0 Å². The second kappa shape index (κ2) is 8.81. The van der Waals surface area contributed by atoms with E-state index in [9.17, 15) is 29.5 Å². The van der Waals surface area contributed by atoms with E-state index < -0.39 is 41.0 Å². The van der Waals surface area contributed by atoms with Crippen molar-refractivity contribution in [3.63, 3.8) is 0 Å². The molecule has 0 radical (unpaired) electrons. The number of ether oxygens (including phenoxy) is 1. The van der Waals surface area contributed by atoms with E-state index in [1.165, 1.54) is 36.1 Å². The topological polar surface area (TPSA) is 188 Å². The standard InChI is InChI=1S/C16H18N6O7S2/c1-21(2)16(27)29-3-6-4-30-13-9(12(24)22(13)10(6)14(25)26)19-11(23)8(20-28)7-5-31-15(17)18-7/h5,9,13,28H,3-4H2,1-2H3,(H2,17,18)(H,19,23)(H,25,26)/b20-8-/t9?,13-/m0/s1. The van der Waals surface area contributed by atoms with Crippen LogP contribution < -0.4 is 11.1 Å². The normalized spacial score (nSPS) is 20.6. The largest absolute Gasteiger partial charge is 0.477 e. The third kappa shape index (κ3) is 4.27. The number of nitrogen functional groups attached to an aromatic ring is 1. The Morgan fingerprint density at radius 3 is 2.71 bits per heavy atom. The van der Waals surface area contributed by atoms with Gasteiger partial charge in [0.15, 0.2) is 10.8 Å². The number of nitrogens with one attached hydrogen (secondary N) is 1. The SMILES string of the molecule is CN(C)C(=O)OCC1=C(C(=O)O)N2C(=O)C(NC(=O)/C(=N\O)c3csc(N)n3)[C@@H]2SC1. The highest BCUT2D eigenvalue weighted by Crippen LogP contribution is 2.40. The molecule has 0 aromatic carbocycles.